The monoisotopic (exact) mass is 136 g/mol. The fraction of sp³-hybridized carbons (Fsp3) is 1.00. The molecular formula is C4H12N2OS. The SMILES string of the molecule is NCCS(=O)CCN. The van der Waals surface area contributed by atoms with E-state index in [9.17, 15) is 4.21 Å². The highest BCUT2D eigenvalue weighted by molar-refractivity contribution is 7.85. The Balaban J connectivity index is 3.06. The molecule has 4 heteroatoms. The van der Waals surface area contributed by atoms with Crippen LogP contribution in [0.25, 0.3) is 0 Å². The summed E-state index contributed by atoms with van der Waals surface area (Å²) in [6, 6.07) is 0. The van der Waals surface area contributed by atoms with Gasteiger partial charge in [0.1, 0.15) is 0 Å². The predicted molar refractivity (Wildman–Crippen MR) is 36.0 cm³/mol. The van der Waals surface area contributed by atoms with Gasteiger partial charge in [0.15, 0.2) is 0 Å². The molecule has 0 saturated heterocycles. The fourth-order valence-electron chi connectivity index (χ4n) is 0.365. The first-order valence-electron chi connectivity index (χ1n) is 2.56. The lowest BCUT2D eigenvalue weighted by Crippen LogP contribution is -2.17. The maximum atomic E-state index is 10.6. The topological polar surface area (TPSA) is 69.1 Å². The van der Waals surface area contributed by atoms with Crippen LogP contribution in [0.15, 0.2) is 0 Å². The van der Waals surface area contributed by atoms with Crippen LogP contribution in [0.2, 0.25) is 0 Å². The van der Waals surface area contributed by atoms with E-state index in [1.165, 1.54) is 0 Å². The van der Waals surface area contributed by atoms with Gasteiger partial charge in [0.05, 0.1) is 0 Å². The standard InChI is InChI=1S/C4H12N2OS/c5-1-3-8(7)4-2-6/h1-6H2. The number of rotatable bonds is 4. The van der Waals surface area contributed by atoms with Crippen molar-refractivity contribution in [1.82, 2.24) is 0 Å². The van der Waals surface area contributed by atoms with Gasteiger partial charge in [-0.2, -0.15) is 0 Å². The lowest BCUT2D eigenvalue weighted by molar-refractivity contribution is 0.682. The van der Waals surface area contributed by atoms with Crippen LogP contribution in [-0.4, -0.2) is 28.8 Å². The molecule has 0 aliphatic heterocycles. The molecule has 0 aromatic heterocycles. The average molecular weight is 136 g/mol. The van der Waals surface area contributed by atoms with Crippen LogP contribution in [0, 0.1) is 0 Å². The molecule has 50 valence electrons. The molecule has 0 atom stereocenters. The molecule has 0 spiro atoms. The van der Waals surface area contributed by atoms with Gasteiger partial charge in [0.2, 0.25) is 0 Å². The predicted octanol–water partition coefficient (Wildman–Crippen LogP) is -1.35. The first kappa shape index (κ1) is 8.07. The van der Waals surface area contributed by atoms with Crippen molar-refractivity contribution in [2.24, 2.45) is 11.5 Å². The summed E-state index contributed by atoms with van der Waals surface area (Å²) in [5, 5.41) is 0. The summed E-state index contributed by atoms with van der Waals surface area (Å²) in [5.41, 5.74) is 10.3. The minimum atomic E-state index is -0.770. The zero-order valence-electron chi connectivity index (χ0n) is 4.80. The average Bonchev–Trinajstić information content (AvgIpc) is 1.68. The molecule has 0 aromatic rings. The van der Waals surface area contributed by atoms with Crippen molar-refractivity contribution in [2.75, 3.05) is 24.6 Å². The molecule has 0 fully saturated rings. The second kappa shape index (κ2) is 5.21. The van der Waals surface area contributed by atoms with E-state index in [0.717, 1.165) is 0 Å². The third-order valence-corrected chi connectivity index (χ3v) is 2.07. The molecule has 4 N–H and O–H groups in total. The second-order valence-electron chi connectivity index (χ2n) is 1.43. The summed E-state index contributed by atoms with van der Waals surface area (Å²) < 4.78 is 10.6. The van der Waals surface area contributed by atoms with Crippen molar-refractivity contribution in [3.8, 4) is 0 Å². The maximum Gasteiger partial charge on any atom is 0.0358 e. The minimum Gasteiger partial charge on any atom is -0.330 e. The van der Waals surface area contributed by atoms with E-state index in [2.05, 4.69) is 0 Å². The van der Waals surface area contributed by atoms with E-state index in [4.69, 9.17) is 11.5 Å². The summed E-state index contributed by atoms with van der Waals surface area (Å²) in [6.45, 7) is 0.985. The van der Waals surface area contributed by atoms with E-state index in [0.29, 0.717) is 24.6 Å². The van der Waals surface area contributed by atoms with Gasteiger partial charge in [-0.1, -0.05) is 0 Å². The van der Waals surface area contributed by atoms with Crippen LogP contribution in [0.1, 0.15) is 0 Å². The summed E-state index contributed by atoms with van der Waals surface area (Å²) >= 11 is 0. The van der Waals surface area contributed by atoms with Gasteiger partial charge >= 0.3 is 0 Å². The van der Waals surface area contributed by atoms with Crippen molar-refractivity contribution < 1.29 is 4.21 Å². The molecule has 0 amide bonds. The Hall–Kier alpha value is 0.0700. The Morgan fingerprint density at radius 3 is 1.75 bits per heavy atom. The van der Waals surface area contributed by atoms with E-state index in [1.807, 2.05) is 0 Å². The molecule has 0 saturated carbocycles. The van der Waals surface area contributed by atoms with Crippen molar-refractivity contribution in [3.63, 3.8) is 0 Å². The molecular weight excluding hydrogens is 124 g/mol. The third-order valence-electron chi connectivity index (χ3n) is 0.691. The zero-order chi connectivity index (χ0) is 6.41. The molecule has 0 aromatic carbocycles. The molecule has 0 radical (unpaired) electrons. The maximum absolute atomic E-state index is 10.6. The zero-order valence-corrected chi connectivity index (χ0v) is 5.62. The lowest BCUT2D eigenvalue weighted by Gasteiger charge is -1.93. The highest BCUT2D eigenvalue weighted by Gasteiger charge is 1.92. The molecule has 0 unspecified atom stereocenters. The van der Waals surface area contributed by atoms with Gasteiger partial charge in [-0.3, -0.25) is 4.21 Å². The normalized spacial score (nSPS) is 10.4. The van der Waals surface area contributed by atoms with E-state index in [1.54, 1.807) is 0 Å². The Bertz CT molecular complexity index is 68.4. The second-order valence-corrected chi connectivity index (χ2v) is 3.12. The van der Waals surface area contributed by atoms with Crippen molar-refractivity contribution in [2.45, 2.75) is 0 Å². The summed E-state index contributed by atoms with van der Waals surface area (Å²) in [5.74, 6) is 1.16. The third kappa shape index (κ3) is 4.23. The summed E-state index contributed by atoms with van der Waals surface area (Å²) in [6.07, 6.45) is 0. The van der Waals surface area contributed by atoms with Gasteiger partial charge in [-0.25, -0.2) is 0 Å². The Morgan fingerprint density at radius 2 is 1.50 bits per heavy atom. The minimum absolute atomic E-state index is 0.493. The lowest BCUT2D eigenvalue weighted by atomic mass is 10.8. The van der Waals surface area contributed by atoms with E-state index in [-0.39, 0.29) is 0 Å². The smallest absolute Gasteiger partial charge is 0.0358 e. The fourth-order valence-corrected chi connectivity index (χ4v) is 1.09. The van der Waals surface area contributed by atoms with Crippen molar-refractivity contribution in [1.29, 1.82) is 0 Å². The van der Waals surface area contributed by atoms with Crippen LogP contribution in [0.5, 0.6) is 0 Å². The van der Waals surface area contributed by atoms with Gasteiger partial charge in [0.25, 0.3) is 0 Å². The van der Waals surface area contributed by atoms with Crippen LogP contribution in [-0.2, 0) is 10.8 Å². The molecule has 0 bridgehead atoms. The van der Waals surface area contributed by atoms with Gasteiger partial charge < -0.3 is 11.5 Å². The Kier molecular flexibility index (Phi) is 5.26. The number of hydrogen-bond donors (Lipinski definition) is 2. The number of nitrogens with two attached hydrogens (primary N) is 2. The molecule has 0 aliphatic rings. The molecule has 0 heterocycles. The number of hydrogen-bond acceptors (Lipinski definition) is 3. The Labute approximate surface area is 51.9 Å². The molecule has 3 nitrogen and oxygen atoms in total. The molecule has 0 rings (SSSR count). The largest absolute Gasteiger partial charge is 0.330 e. The first-order valence-corrected chi connectivity index (χ1v) is 4.05. The Morgan fingerprint density at radius 1 is 1.12 bits per heavy atom. The van der Waals surface area contributed by atoms with Crippen LogP contribution in [0.4, 0.5) is 0 Å². The van der Waals surface area contributed by atoms with Crippen LogP contribution >= 0.6 is 0 Å². The van der Waals surface area contributed by atoms with E-state index < -0.39 is 10.8 Å². The van der Waals surface area contributed by atoms with E-state index >= 15 is 0 Å². The van der Waals surface area contributed by atoms with Gasteiger partial charge in [-0.05, 0) is 0 Å². The van der Waals surface area contributed by atoms with Gasteiger partial charge in [-0.15, -0.1) is 0 Å². The van der Waals surface area contributed by atoms with Crippen LogP contribution in [0.3, 0.4) is 0 Å². The summed E-state index contributed by atoms with van der Waals surface area (Å²) in [4.78, 5) is 0. The highest BCUT2D eigenvalue weighted by Crippen LogP contribution is 1.75. The van der Waals surface area contributed by atoms with Crippen LogP contribution < -0.4 is 11.5 Å². The molecule has 0 aliphatic carbocycles. The quantitative estimate of drug-likeness (QED) is 0.502. The van der Waals surface area contributed by atoms with Crippen molar-refractivity contribution in [3.05, 3.63) is 0 Å². The summed E-state index contributed by atoms with van der Waals surface area (Å²) in [7, 11) is -0.770. The van der Waals surface area contributed by atoms with Gasteiger partial charge in [0, 0.05) is 35.4 Å². The molecule has 8 heavy (non-hydrogen) atoms. The first-order chi connectivity index (χ1) is 3.81. The highest BCUT2D eigenvalue weighted by atomic mass is 32.2. The van der Waals surface area contributed by atoms with Crippen molar-refractivity contribution >= 4 is 10.8 Å².